The van der Waals surface area contributed by atoms with E-state index in [0.717, 1.165) is 33.2 Å². The molecule has 1 heterocycles. The van der Waals surface area contributed by atoms with E-state index < -0.39 is 0 Å². The van der Waals surface area contributed by atoms with Crippen LogP contribution in [0.4, 0.5) is 4.39 Å². The van der Waals surface area contributed by atoms with E-state index in [9.17, 15) is 4.39 Å². The number of halogens is 1. The quantitative estimate of drug-likeness (QED) is 0.482. The number of benzene rings is 2. The first kappa shape index (κ1) is 17.8. The summed E-state index contributed by atoms with van der Waals surface area (Å²) in [5.74, 6) is -0.122. The lowest BCUT2D eigenvalue weighted by atomic mass is 9.94. The summed E-state index contributed by atoms with van der Waals surface area (Å²) in [7, 11) is 0. The van der Waals surface area contributed by atoms with Gasteiger partial charge in [-0.2, -0.15) is 0 Å². The SMILES string of the molecule is CC.FC1=CC=C(c2cc(-c3ccccc3)cc3ncccc23)C=CC1. The van der Waals surface area contributed by atoms with Crippen LogP contribution in [-0.2, 0) is 0 Å². The molecule has 1 aliphatic rings. The molecule has 0 bridgehead atoms. The molecule has 2 heteroatoms. The molecule has 1 aliphatic carbocycles. The van der Waals surface area contributed by atoms with Gasteiger partial charge in [-0.15, -0.1) is 0 Å². The molecule has 1 nitrogen and oxygen atoms in total. The topological polar surface area (TPSA) is 12.9 Å². The fourth-order valence-corrected chi connectivity index (χ4v) is 3.00. The number of nitrogens with zero attached hydrogens (tertiary/aromatic N) is 1. The third-order valence-corrected chi connectivity index (χ3v) is 4.19. The summed E-state index contributed by atoms with van der Waals surface area (Å²) in [5, 5.41) is 1.07. The Bertz CT molecular complexity index is 982. The van der Waals surface area contributed by atoms with Gasteiger partial charge in [0.05, 0.1) is 5.52 Å². The Hall–Kier alpha value is -3.00. The number of hydrogen-bond donors (Lipinski definition) is 0. The highest BCUT2D eigenvalue weighted by molar-refractivity contribution is 5.97. The van der Waals surface area contributed by atoms with Gasteiger partial charge in [0.15, 0.2) is 0 Å². The fourth-order valence-electron chi connectivity index (χ4n) is 3.00. The third-order valence-electron chi connectivity index (χ3n) is 4.19. The Morgan fingerprint density at radius 2 is 1.69 bits per heavy atom. The standard InChI is InChI=1S/C22H16FN.C2H6/c23-19-9-4-8-17(11-12-19)21-14-18(16-6-2-1-3-7-16)15-22-20(21)10-5-13-24-22;1-2/h1-8,10-15H,9H2;1-2H3. The average molecular weight is 343 g/mol. The lowest BCUT2D eigenvalue weighted by molar-refractivity contribution is 0.618. The third kappa shape index (κ3) is 3.80. The summed E-state index contributed by atoms with van der Waals surface area (Å²) in [6.07, 6.45) is 9.39. The smallest absolute Gasteiger partial charge is 0.104 e. The molecule has 0 spiro atoms. The minimum atomic E-state index is -0.122. The van der Waals surface area contributed by atoms with Gasteiger partial charge >= 0.3 is 0 Å². The van der Waals surface area contributed by atoms with Crippen molar-refractivity contribution in [3.63, 3.8) is 0 Å². The van der Waals surface area contributed by atoms with E-state index in [1.54, 1.807) is 12.3 Å². The second kappa shape index (κ2) is 8.39. The summed E-state index contributed by atoms with van der Waals surface area (Å²) in [6, 6.07) is 18.5. The van der Waals surface area contributed by atoms with Gasteiger partial charge in [0, 0.05) is 18.0 Å². The molecule has 3 aromatic rings. The molecule has 4 rings (SSSR count). The van der Waals surface area contributed by atoms with Crippen LogP contribution in [0.25, 0.3) is 27.6 Å². The van der Waals surface area contributed by atoms with E-state index in [1.807, 2.05) is 56.3 Å². The summed E-state index contributed by atoms with van der Waals surface area (Å²) in [4.78, 5) is 4.52. The van der Waals surface area contributed by atoms with Crippen LogP contribution in [0.15, 0.2) is 90.9 Å². The highest BCUT2D eigenvalue weighted by Gasteiger charge is 2.10. The fraction of sp³-hybridized carbons (Fsp3) is 0.125. The summed E-state index contributed by atoms with van der Waals surface area (Å²) < 4.78 is 13.5. The monoisotopic (exact) mass is 343 g/mol. The molecule has 0 unspecified atom stereocenters. The molecule has 0 amide bonds. The van der Waals surface area contributed by atoms with E-state index in [4.69, 9.17) is 0 Å². The molecular formula is C24H22FN. The molecule has 26 heavy (non-hydrogen) atoms. The highest BCUT2D eigenvalue weighted by Crippen LogP contribution is 2.32. The number of rotatable bonds is 2. The zero-order valence-corrected chi connectivity index (χ0v) is 15.1. The van der Waals surface area contributed by atoms with Crippen LogP contribution in [0.1, 0.15) is 25.8 Å². The van der Waals surface area contributed by atoms with Gasteiger partial charge in [0.1, 0.15) is 5.83 Å². The molecule has 0 N–H and O–H groups in total. The van der Waals surface area contributed by atoms with Crippen molar-refractivity contribution in [1.29, 1.82) is 0 Å². The van der Waals surface area contributed by atoms with Crippen LogP contribution in [0, 0.1) is 0 Å². The van der Waals surface area contributed by atoms with Crippen molar-refractivity contribution in [3.8, 4) is 11.1 Å². The van der Waals surface area contributed by atoms with Crippen molar-refractivity contribution in [2.24, 2.45) is 0 Å². The number of allylic oxidation sites excluding steroid dienone is 6. The lowest BCUT2D eigenvalue weighted by Gasteiger charge is -2.11. The van der Waals surface area contributed by atoms with E-state index in [0.29, 0.717) is 6.42 Å². The van der Waals surface area contributed by atoms with Crippen molar-refractivity contribution in [1.82, 2.24) is 4.98 Å². The van der Waals surface area contributed by atoms with Crippen LogP contribution >= 0.6 is 0 Å². The molecule has 0 saturated heterocycles. The molecule has 0 radical (unpaired) electrons. The van der Waals surface area contributed by atoms with Crippen LogP contribution in [0.3, 0.4) is 0 Å². The molecule has 0 fully saturated rings. The van der Waals surface area contributed by atoms with Crippen LogP contribution < -0.4 is 0 Å². The normalized spacial score (nSPS) is 13.3. The van der Waals surface area contributed by atoms with Crippen LogP contribution in [0.5, 0.6) is 0 Å². The highest BCUT2D eigenvalue weighted by atomic mass is 19.1. The average Bonchev–Trinajstić information content (AvgIpc) is 2.94. The van der Waals surface area contributed by atoms with E-state index in [2.05, 4.69) is 35.3 Å². The number of aromatic nitrogens is 1. The molecule has 2 aromatic carbocycles. The Balaban J connectivity index is 0.000000948. The maximum absolute atomic E-state index is 13.5. The van der Waals surface area contributed by atoms with E-state index in [-0.39, 0.29) is 5.83 Å². The number of fused-ring (bicyclic) bond motifs is 1. The maximum atomic E-state index is 13.5. The number of pyridine rings is 1. The zero-order valence-electron chi connectivity index (χ0n) is 15.1. The van der Waals surface area contributed by atoms with Gasteiger partial charge in [-0.3, -0.25) is 4.98 Å². The largest absolute Gasteiger partial charge is 0.256 e. The second-order valence-corrected chi connectivity index (χ2v) is 5.80. The predicted molar refractivity (Wildman–Crippen MR) is 109 cm³/mol. The molecule has 0 atom stereocenters. The molecule has 0 aliphatic heterocycles. The van der Waals surface area contributed by atoms with Crippen LogP contribution in [-0.4, -0.2) is 4.98 Å². The summed E-state index contributed by atoms with van der Waals surface area (Å²) in [6.45, 7) is 4.00. The lowest BCUT2D eigenvalue weighted by Crippen LogP contribution is -1.89. The molecular weight excluding hydrogens is 321 g/mol. The molecule has 1 aromatic heterocycles. The summed E-state index contributed by atoms with van der Waals surface area (Å²) in [5.41, 5.74) is 5.27. The number of hydrogen-bond acceptors (Lipinski definition) is 1. The van der Waals surface area contributed by atoms with Crippen molar-refractivity contribution in [2.75, 3.05) is 0 Å². The second-order valence-electron chi connectivity index (χ2n) is 5.80. The van der Waals surface area contributed by atoms with Gasteiger partial charge in [0.25, 0.3) is 0 Å². The van der Waals surface area contributed by atoms with E-state index in [1.165, 1.54) is 0 Å². The first-order valence-electron chi connectivity index (χ1n) is 8.99. The van der Waals surface area contributed by atoms with Crippen molar-refractivity contribution >= 4 is 16.5 Å². The van der Waals surface area contributed by atoms with Gasteiger partial charge < -0.3 is 0 Å². The Labute approximate surface area is 154 Å². The zero-order chi connectivity index (χ0) is 18.4. The first-order chi connectivity index (χ1) is 12.8. The molecule has 130 valence electrons. The van der Waals surface area contributed by atoms with Gasteiger partial charge in [-0.1, -0.05) is 68.5 Å². The van der Waals surface area contributed by atoms with E-state index >= 15 is 0 Å². The Morgan fingerprint density at radius 3 is 2.50 bits per heavy atom. The maximum Gasteiger partial charge on any atom is 0.104 e. The minimum Gasteiger partial charge on any atom is -0.256 e. The predicted octanol–water partition coefficient (Wildman–Crippen LogP) is 7.12. The van der Waals surface area contributed by atoms with Crippen LogP contribution in [0.2, 0.25) is 0 Å². The Kier molecular flexibility index (Phi) is 5.75. The molecule has 0 saturated carbocycles. The van der Waals surface area contributed by atoms with Crippen molar-refractivity contribution in [3.05, 3.63) is 96.5 Å². The Morgan fingerprint density at radius 1 is 0.885 bits per heavy atom. The first-order valence-corrected chi connectivity index (χ1v) is 8.99. The van der Waals surface area contributed by atoms with Gasteiger partial charge in [-0.25, -0.2) is 4.39 Å². The van der Waals surface area contributed by atoms with Crippen molar-refractivity contribution < 1.29 is 4.39 Å². The summed E-state index contributed by atoms with van der Waals surface area (Å²) >= 11 is 0. The van der Waals surface area contributed by atoms with Crippen molar-refractivity contribution in [2.45, 2.75) is 20.3 Å². The van der Waals surface area contributed by atoms with Gasteiger partial charge in [-0.05, 0) is 46.5 Å². The minimum absolute atomic E-state index is 0.122. The van der Waals surface area contributed by atoms with Gasteiger partial charge in [0.2, 0.25) is 0 Å².